The molecule has 0 aromatic carbocycles. The van der Waals surface area contributed by atoms with Crippen molar-refractivity contribution in [1.82, 2.24) is 25.2 Å². The van der Waals surface area contributed by atoms with Crippen molar-refractivity contribution in [2.24, 2.45) is 5.41 Å². The number of nitrogens with one attached hydrogen (secondary N) is 1. The van der Waals surface area contributed by atoms with Gasteiger partial charge in [-0.2, -0.15) is 0 Å². The van der Waals surface area contributed by atoms with Gasteiger partial charge >= 0.3 is 5.97 Å². The number of tetrazole rings is 1. The smallest absolute Gasteiger partial charge is 0.311 e. The standard InChI is InChI=1S/C12H13N5O3/c1-7-4-9(18)8(5-13-7)10-14-15-16-17(10)6-12(2-3-12)11(19)20/h4-5H,2-3,6H2,1H3,(H,13,18)(H,19,20). The molecule has 1 fully saturated rings. The summed E-state index contributed by atoms with van der Waals surface area (Å²) >= 11 is 0. The van der Waals surface area contributed by atoms with Gasteiger partial charge in [0.15, 0.2) is 11.3 Å². The van der Waals surface area contributed by atoms with Crippen molar-refractivity contribution in [3.8, 4) is 11.4 Å². The lowest BCUT2D eigenvalue weighted by atomic mass is 10.1. The summed E-state index contributed by atoms with van der Waals surface area (Å²) in [5.41, 5.74) is 0.0861. The maximum atomic E-state index is 12.0. The number of hydrogen-bond donors (Lipinski definition) is 2. The molecule has 0 bridgehead atoms. The molecule has 0 saturated heterocycles. The van der Waals surface area contributed by atoms with Gasteiger partial charge in [0.25, 0.3) is 0 Å². The molecule has 1 saturated carbocycles. The van der Waals surface area contributed by atoms with E-state index in [1.54, 1.807) is 13.1 Å². The second-order valence-electron chi connectivity index (χ2n) is 5.14. The molecule has 0 aliphatic heterocycles. The number of aryl methyl sites for hydroxylation is 1. The number of H-pyrrole nitrogens is 1. The summed E-state index contributed by atoms with van der Waals surface area (Å²) in [4.78, 5) is 26.1. The van der Waals surface area contributed by atoms with E-state index in [0.717, 1.165) is 5.69 Å². The molecule has 104 valence electrons. The average Bonchev–Trinajstić information content (AvgIpc) is 3.03. The van der Waals surface area contributed by atoms with Gasteiger partial charge in [0.1, 0.15) is 0 Å². The van der Waals surface area contributed by atoms with Crippen LogP contribution in [0, 0.1) is 12.3 Å². The fourth-order valence-electron chi connectivity index (χ4n) is 2.13. The number of aliphatic carboxylic acids is 1. The zero-order valence-corrected chi connectivity index (χ0v) is 10.8. The third kappa shape index (κ3) is 1.98. The van der Waals surface area contributed by atoms with E-state index in [9.17, 15) is 14.7 Å². The minimum atomic E-state index is -0.850. The van der Waals surface area contributed by atoms with Crippen LogP contribution in [0.25, 0.3) is 11.4 Å². The van der Waals surface area contributed by atoms with Crippen LogP contribution in [0.3, 0.4) is 0 Å². The molecule has 3 rings (SSSR count). The van der Waals surface area contributed by atoms with Crippen molar-refractivity contribution in [3.05, 3.63) is 28.2 Å². The normalized spacial score (nSPS) is 16.1. The van der Waals surface area contributed by atoms with E-state index in [1.165, 1.54) is 10.7 Å². The van der Waals surface area contributed by atoms with Gasteiger partial charge in [0, 0.05) is 18.0 Å². The summed E-state index contributed by atoms with van der Waals surface area (Å²) in [5.74, 6) is -0.560. The number of aromatic amines is 1. The number of carboxylic acid groups (broad SMARTS) is 1. The van der Waals surface area contributed by atoms with E-state index in [2.05, 4.69) is 20.5 Å². The van der Waals surface area contributed by atoms with Gasteiger partial charge in [-0.05, 0) is 30.2 Å². The monoisotopic (exact) mass is 275 g/mol. The first-order valence-electron chi connectivity index (χ1n) is 6.21. The molecule has 0 atom stereocenters. The van der Waals surface area contributed by atoms with Crippen molar-refractivity contribution in [2.45, 2.75) is 26.3 Å². The van der Waals surface area contributed by atoms with E-state index in [4.69, 9.17) is 0 Å². The lowest BCUT2D eigenvalue weighted by Crippen LogP contribution is -2.23. The summed E-state index contributed by atoms with van der Waals surface area (Å²) in [6.45, 7) is 1.95. The van der Waals surface area contributed by atoms with Crippen LogP contribution in [0.15, 0.2) is 17.1 Å². The molecule has 0 unspecified atom stereocenters. The average molecular weight is 275 g/mol. The predicted molar refractivity (Wildman–Crippen MR) is 67.9 cm³/mol. The maximum absolute atomic E-state index is 12.0. The topological polar surface area (TPSA) is 114 Å². The molecular formula is C12H13N5O3. The van der Waals surface area contributed by atoms with E-state index in [1.807, 2.05) is 0 Å². The van der Waals surface area contributed by atoms with Crippen LogP contribution in [-0.4, -0.2) is 36.3 Å². The van der Waals surface area contributed by atoms with Gasteiger partial charge in [-0.25, -0.2) is 4.68 Å². The van der Waals surface area contributed by atoms with Gasteiger partial charge in [-0.3, -0.25) is 9.59 Å². The first kappa shape index (κ1) is 12.5. The largest absolute Gasteiger partial charge is 0.481 e. The van der Waals surface area contributed by atoms with Crippen molar-refractivity contribution < 1.29 is 9.90 Å². The highest BCUT2D eigenvalue weighted by molar-refractivity contribution is 5.77. The zero-order chi connectivity index (χ0) is 14.3. The molecule has 8 heteroatoms. The zero-order valence-electron chi connectivity index (χ0n) is 10.8. The Balaban J connectivity index is 1.98. The fraction of sp³-hybridized carbons (Fsp3) is 0.417. The number of rotatable bonds is 4. The molecular weight excluding hydrogens is 262 g/mol. The molecule has 2 heterocycles. The van der Waals surface area contributed by atoms with Crippen LogP contribution in [-0.2, 0) is 11.3 Å². The van der Waals surface area contributed by atoms with E-state index in [-0.39, 0.29) is 12.0 Å². The number of aromatic nitrogens is 5. The van der Waals surface area contributed by atoms with Crippen LogP contribution in [0.1, 0.15) is 18.5 Å². The van der Waals surface area contributed by atoms with Crippen LogP contribution in [0.4, 0.5) is 0 Å². The summed E-state index contributed by atoms with van der Waals surface area (Å²) in [5, 5.41) is 20.4. The molecule has 0 radical (unpaired) electrons. The second-order valence-corrected chi connectivity index (χ2v) is 5.14. The minimum Gasteiger partial charge on any atom is -0.481 e. The lowest BCUT2D eigenvalue weighted by molar-refractivity contribution is -0.144. The fourth-order valence-corrected chi connectivity index (χ4v) is 2.13. The van der Waals surface area contributed by atoms with E-state index >= 15 is 0 Å². The molecule has 1 aliphatic carbocycles. The number of carbonyl (C=O) groups is 1. The lowest BCUT2D eigenvalue weighted by Gasteiger charge is -2.10. The van der Waals surface area contributed by atoms with Crippen LogP contribution < -0.4 is 5.43 Å². The van der Waals surface area contributed by atoms with Crippen molar-refractivity contribution in [1.29, 1.82) is 0 Å². The summed E-state index contributed by atoms with van der Waals surface area (Å²) < 4.78 is 1.39. The Morgan fingerprint density at radius 1 is 1.55 bits per heavy atom. The number of pyridine rings is 1. The molecule has 2 aromatic heterocycles. The highest BCUT2D eigenvalue weighted by atomic mass is 16.4. The summed E-state index contributed by atoms with van der Waals surface area (Å²) in [7, 11) is 0. The Labute approximate surface area is 113 Å². The van der Waals surface area contributed by atoms with E-state index in [0.29, 0.717) is 24.2 Å². The Hall–Kier alpha value is -2.51. The molecule has 0 spiro atoms. The number of carboxylic acids is 1. The number of nitrogens with zero attached hydrogens (tertiary/aromatic N) is 4. The Kier molecular flexibility index (Phi) is 2.66. The van der Waals surface area contributed by atoms with Crippen molar-refractivity contribution in [3.63, 3.8) is 0 Å². The maximum Gasteiger partial charge on any atom is 0.311 e. The SMILES string of the molecule is Cc1cc(=O)c(-c2nnnn2CC2(C(=O)O)CC2)c[nH]1. The minimum absolute atomic E-state index is 0.179. The second kappa shape index (κ2) is 4.26. The summed E-state index contributed by atoms with van der Waals surface area (Å²) in [6, 6.07) is 1.46. The molecule has 0 amide bonds. The Morgan fingerprint density at radius 2 is 2.30 bits per heavy atom. The third-order valence-electron chi connectivity index (χ3n) is 3.59. The Morgan fingerprint density at radius 3 is 2.90 bits per heavy atom. The Bertz CT molecular complexity index is 729. The molecule has 8 nitrogen and oxygen atoms in total. The van der Waals surface area contributed by atoms with Gasteiger partial charge in [-0.15, -0.1) is 5.10 Å². The van der Waals surface area contributed by atoms with Crippen molar-refractivity contribution in [2.75, 3.05) is 0 Å². The van der Waals surface area contributed by atoms with Gasteiger partial charge in [0.05, 0.1) is 17.5 Å². The number of hydrogen-bond acceptors (Lipinski definition) is 5. The predicted octanol–water partition coefficient (Wildman–Crippen LogP) is 0.202. The quantitative estimate of drug-likeness (QED) is 0.824. The first-order chi connectivity index (χ1) is 9.52. The first-order valence-corrected chi connectivity index (χ1v) is 6.21. The van der Waals surface area contributed by atoms with Crippen LogP contribution >= 0.6 is 0 Å². The highest BCUT2D eigenvalue weighted by Gasteiger charge is 2.51. The summed E-state index contributed by atoms with van der Waals surface area (Å²) in [6.07, 6.45) is 2.75. The molecule has 2 aromatic rings. The van der Waals surface area contributed by atoms with Crippen LogP contribution in [0.2, 0.25) is 0 Å². The van der Waals surface area contributed by atoms with Crippen molar-refractivity contribution >= 4 is 5.97 Å². The van der Waals surface area contributed by atoms with Gasteiger partial charge in [-0.1, -0.05) is 0 Å². The van der Waals surface area contributed by atoms with Gasteiger partial charge < -0.3 is 10.1 Å². The highest BCUT2D eigenvalue weighted by Crippen LogP contribution is 2.47. The third-order valence-corrected chi connectivity index (χ3v) is 3.59. The molecule has 2 N–H and O–H groups in total. The van der Waals surface area contributed by atoms with Gasteiger partial charge in [0.2, 0.25) is 0 Å². The molecule has 1 aliphatic rings. The van der Waals surface area contributed by atoms with Crippen LogP contribution in [0.5, 0.6) is 0 Å². The van der Waals surface area contributed by atoms with E-state index < -0.39 is 11.4 Å². The molecule has 20 heavy (non-hydrogen) atoms.